The average Bonchev–Trinajstić information content (AvgIpc) is 2.93. The number of nitrogens with zero attached hydrogens (tertiary/aromatic N) is 3. The normalized spacial score (nSPS) is 18.9. The summed E-state index contributed by atoms with van der Waals surface area (Å²) in [4.78, 5) is 12.1. The Labute approximate surface area is 234 Å². The van der Waals surface area contributed by atoms with Crippen LogP contribution in [0, 0.1) is 5.92 Å². The van der Waals surface area contributed by atoms with Crippen LogP contribution in [0.1, 0.15) is 25.7 Å². The Hall–Kier alpha value is -2.52. The average molecular weight is 561 g/mol. The zero-order valence-electron chi connectivity index (χ0n) is 22.2. The maximum absolute atomic E-state index is 6.76. The van der Waals surface area contributed by atoms with E-state index in [1.54, 1.807) is 20.3 Å². The van der Waals surface area contributed by atoms with Gasteiger partial charge in [0.05, 0.1) is 42.6 Å². The molecule has 2 fully saturated rings. The second-order valence-corrected chi connectivity index (χ2v) is 10.9. The van der Waals surface area contributed by atoms with Gasteiger partial charge < -0.3 is 29.7 Å². The molecule has 2 N–H and O–H groups in total. The largest absolute Gasteiger partial charge is 0.495 e. The highest BCUT2D eigenvalue weighted by Gasteiger charge is 2.23. The van der Waals surface area contributed by atoms with Gasteiger partial charge in [-0.1, -0.05) is 23.2 Å². The van der Waals surface area contributed by atoms with Gasteiger partial charge >= 0.3 is 0 Å². The molecule has 1 atom stereocenters. The third-order valence-electron chi connectivity index (χ3n) is 7.45. The molecule has 1 aromatic carbocycles. The van der Waals surface area contributed by atoms with E-state index in [0.717, 1.165) is 74.3 Å². The molecule has 0 amide bonds. The molecule has 2 saturated heterocycles. The number of ether oxygens (including phenoxy) is 3. The van der Waals surface area contributed by atoms with E-state index in [1.807, 2.05) is 12.3 Å². The Balaban J connectivity index is 1.55. The number of aromatic nitrogens is 2. The quantitative estimate of drug-likeness (QED) is 0.349. The molecule has 0 bridgehead atoms. The number of anilines is 2. The molecule has 204 valence electrons. The van der Waals surface area contributed by atoms with Gasteiger partial charge in [0.1, 0.15) is 23.1 Å². The minimum absolute atomic E-state index is 0.249. The van der Waals surface area contributed by atoms with Crippen LogP contribution in [0.25, 0.3) is 22.0 Å². The first-order valence-corrected chi connectivity index (χ1v) is 13.9. The molecule has 38 heavy (non-hydrogen) atoms. The smallest absolute Gasteiger partial charge is 0.141 e. The van der Waals surface area contributed by atoms with Crippen LogP contribution in [0.4, 0.5) is 11.6 Å². The highest BCUT2D eigenvalue weighted by molar-refractivity contribution is 6.41. The molecule has 0 spiro atoms. The van der Waals surface area contributed by atoms with Crippen molar-refractivity contribution in [1.29, 1.82) is 0 Å². The first kappa shape index (κ1) is 27.1. The number of nitrogens with one attached hydrogen (secondary N) is 2. The molecule has 1 unspecified atom stereocenters. The summed E-state index contributed by atoms with van der Waals surface area (Å²) in [5.41, 5.74) is 1.19. The lowest BCUT2D eigenvalue weighted by Gasteiger charge is -2.29. The van der Waals surface area contributed by atoms with E-state index < -0.39 is 0 Å². The predicted octanol–water partition coefficient (Wildman–Crippen LogP) is 5.97. The van der Waals surface area contributed by atoms with Gasteiger partial charge in [0.15, 0.2) is 0 Å². The number of likely N-dealkylation sites (tertiary alicyclic amines) is 1. The van der Waals surface area contributed by atoms with Crippen LogP contribution in [0.3, 0.4) is 0 Å². The van der Waals surface area contributed by atoms with Gasteiger partial charge in [0.25, 0.3) is 0 Å². The Bertz CT molecular complexity index is 1250. The maximum Gasteiger partial charge on any atom is 0.141 e. The molecule has 10 heteroatoms. The Kier molecular flexibility index (Phi) is 8.63. The highest BCUT2D eigenvalue weighted by Crippen LogP contribution is 2.46. The number of fused-ring (bicyclic) bond motifs is 1. The summed E-state index contributed by atoms with van der Waals surface area (Å²) in [7, 11) is 5.31. The van der Waals surface area contributed by atoms with E-state index in [-0.39, 0.29) is 6.04 Å². The number of methoxy groups -OCH3 is 2. The van der Waals surface area contributed by atoms with Crippen LogP contribution in [-0.4, -0.2) is 75.0 Å². The minimum atomic E-state index is 0.249. The van der Waals surface area contributed by atoms with E-state index in [1.165, 1.54) is 0 Å². The summed E-state index contributed by atoms with van der Waals surface area (Å²) >= 11 is 13.5. The molecule has 5 rings (SSSR count). The van der Waals surface area contributed by atoms with Crippen molar-refractivity contribution in [3.8, 4) is 22.8 Å². The third-order valence-corrected chi connectivity index (χ3v) is 8.20. The zero-order chi connectivity index (χ0) is 26.6. The molecule has 2 aliphatic heterocycles. The van der Waals surface area contributed by atoms with Crippen molar-refractivity contribution >= 4 is 45.6 Å². The number of hydrogen-bond donors (Lipinski definition) is 2. The molecule has 3 aromatic rings. The van der Waals surface area contributed by atoms with E-state index >= 15 is 0 Å². The molecule has 2 aromatic heterocycles. The van der Waals surface area contributed by atoms with Crippen molar-refractivity contribution in [2.24, 2.45) is 5.92 Å². The summed E-state index contributed by atoms with van der Waals surface area (Å²) in [6.45, 7) is 4.56. The number of piperidine rings is 1. The molecule has 0 saturated carbocycles. The van der Waals surface area contributed by atoms with Crippen molar-refractivity contribution < 1.29 is 14.2 Å². The first-order valence-electron chi connectivity index (χ1n) is 13.1. The topological polar surface area (TPSA) is 80.8 Å². The molecule has 4 heterocycles. The Morgan fingerprint density at radius 2 is 1.79 bits per heavy atom. The van der Waals surface area contributed by atoms with Crippen LogP contribution in [0.15, 0.2) is 24.4 Å². The third kappa shape index (κ3) is 5.88. The molecular weight excluding hydrogens is 525 g/mol. The minimum Gasteiger partial charge on any atom is -0.495 e. The Morgan fingerprint density at radius 3 is 2.45 bits per heavy atom. The number of halogens is 2. The van der Waals surface area contributed by atoms with Gasteiger partial charge in [-0.3, -0.25) is 0 Å². The number of rotatable bonds is 8. The van der Waals surface area contributed by atoms with Gasteiger partial charge in [-0.2, -0.15) is 0 Å². The van der Waals surface area contributed by atoms with Crippen LogP contribution in [-0.2, 0) is 4.74 Å². The van der Waals surface area contributed by atoms with Gasteiger partial charge in [0, 0.05) is 41.8 Å². The van der Waals surface area contributed by atoms with Gasteiger partial charge in [0.2, 0.25) is 0 Å². The van der Waals surface area contributed by atoms with Crippen molar-refractivity contribution in [1.82, 2.24) is 14.9 Å². The van der Waals surface area contributed by atoms with E-state index in [9.17, 15) is 0 Å². The fraction of sp³-hybridized carbons (Fsp3) is 0.500. The first-order chi connectivity index (χ1) is 18.5. The van der Waals surface area contributed by atoms with Crippen molar-refractivity contribution in [3.63, 3.8) is 0 Å². The molecule has 0 radical (unpaired) electrons. The number of pyridine rings is 2. The summed E-state index contributed by atoms with van der Waals surface area (Å²) in [5.74, 6) is 3.10. The van der Waals surface area contributed by atoms with Gasteiger partial charge in [-0.25, -0.2) is 9.97 Å². The van der Waals surface area contributed by atoms with E-state index in [4.69, 9.17) is 47.4 Å². The van der Waals surface area contributed by atoms with Gasteiger partial charge in [-0.15, -0.1) is 0 Å². The monoisotopic (exact) mass is 559 g/mol. The zero-order valence-corrected chi connectivity index (χ0v) is 23.7. The van der Waals surface area contributed by atoms with E-state index in [0.29, 0.717) is 45.3 Å². The van der Waals surface area contributed by atoms with E-state index in [2.05, 4.69) is 28.6 Å². The Morgan fingerprint density at radius 1 is 1.05 bits per heavy atom. The number of hydrogen-bond acceptors (Lipinski definition) is 8. The highest BCUT2D eigenvalue weighted by atomic mass is 35.5. The second-order valence-electron chi connectivity index (χ2n) is 10.1. The van der Waals surface area contributed by atoms with Crippen molar-refractivity contribution in [2.75, 3.05) is 64.7 Å². The van der Waals surface area contributed by atoms with Gasteiger partial charge in [-0.05, 0) is 63.9 Å². The van der Waals surface area contributed by atoms with Crippen LogP contribution < -0.4 is 20.1 Å². The summed E-state index contributed by atoms with van der Waals surface area (Å²) in [5, 5.41) is 9.87. The molecule has 8 nitrogen and oxygen atoms in total. The summed E-state index contributed by atoms with van der Waals surface area (Å²) in [6.07, 6.45) is 6.29. The standard InChI is InChI=1S/C28H35Cl2N5O3/c1-35-8-6-17(7-9-35)14-32-28-20-12-24(33-19-5-4-10-38-16-19)31-15-18(20)11-21(34-28)25-26(29)22(36-2)13-23(37-3)27(25)30/h11-13,15,17,19H,4-10,14,16H2,1-3H3,(H,31,33)(H,32,34). The summed E-state index contributed by atoms with van der Waals surface area (Å²) < 4.78 is 16.6. The van der Waals surface area contributed by atoms with Crippen LogP contribution in [0.2, 0.25) is 10.0 Å². The lowest BCUT2D eigenvalue weighted by Crippen LogP contribution is -2.33. The fourth-order valence-corrected chi connectivity index (χ4v) is 5.86. The number of benzene rings is 1. The molecular formula is C28H35Cl2N5O3. The fourth-order valence-electron chi connectivity index (χ4n) is 5.17. The maximum atomic E-state index is 6.76. The SMILES string of the molecule is COc1cc(OC)c(Cl)c(-c2cc3cnc(NC4CCCOC4)cc3c(NCC3CCN(C)CC3)n2)c1Cl. The van der Waals surface area contributed by atoms with Crippen LogP contribution >= 0.6 is 23.2 Å². The molecule has 2 aliphatic rings. The van der Waals surface area contributed by atoms with Crippen LogP contribution in [0.5, 0.6) is 11.5 Å². The van der Waals surface area contributed by atoms with Crippen molar-refractivity contribution in [2.45, 2.75) is 31.7 Å². The summed E-state index contributed by atoms with van der Waals surface area (Å²) in [6, 6.07) is 5.96. The lowest BCUT2D eigenvalue weighted by molar-refractivity contribution is 0.0875. The predicted molar refractivity (Wildman–Crippen MR) is 154 cm³/mol. The van der Waals surface area contributed by atoms with Crippen molar-refractivity contribution in [3.05, 3.63) is 34.4 Å². The second kappa shape index (κ2) is 12.1. The lowest BCUT2D eigenvalue weighted by atomic mass is 9.97. The molecule has 0 aliphatic carbocycles.